The smallest absolute Gasteiger partial charge is 0.151 e. The van der Waals surface area contributed by atoms with Crippen LogP contribution in [0.25, 0.3) is 0 Å². The van der Waals surface area contributed by atoms with Crippen LogP contribution in [0.5, 0.6) is 0 Å². The Morgan fingerprint density at radius 3 is 2.72 bits per heavy atom. The van der Waals surface area contributed by atoms with E-state index in [9.17, 15) is 0 Å². The van der Waals surface area contributed by atoms with Crippen molar-refractivity contribution < 1.29 is 0 Å². The van der Waals surface area contributed by atoms with Gasteiger partial charge in [-0.15, -0.1) is 0 Å². The molecule has 0 radical (unpaired) electrons. The second kappa shape index (κ2) is 4.50. The van der Waals surface area contributed by atoms with Gasteiger partial charge in [-0.2, -0.15) is 0 Å². The van der Waals surface area contributed by atoms with Gasteiger partial charge in [0.25, 0.3) is 0 Å². The molecule has 92 valence electrons. The minimum Gasteiger partial charge on any atom is -0.396 e. The van der Waals surface area contributed by atoms with Crippen molar-refractivity contribution in [2.24, 2.45) is 0 Å². The summed E-state index contributed by atoms with van der Waals surface area (Å²) in [6.45, 7) is 0. The summed E-state index contributed by atoms with van der Waals surface area (Å²) in [6, 6.07) is 14.3. The Bertz CT molecular complexity index is 556. The van der Waals surface area contributed by atoms with E-state index < -0.39 is 0 Å². The Morgan fingerprint density at radius 1 is 1.17 bits per heavy atom. The van der Waals surface area contributed by atoms with Crippen molar-refractivity contribution in [3.05, 3.63) is 53.2 Å². The van der Waals surface area contributed by atoms with Crippen LogP contribution in [0.1, 0.15) is 17.9 Å². The number of rotatable bonds is 3. The third-order valence-corrected chi connectivity index (χ3v) is 3.44. The van der Waals surface area contributed by atoms with Crippen LogP contribution in [0.2, 0.25) is 5.15 Å². The summed E-state index contributed by atoms with van der Waals surface area (Å²) in [4.78, 5) is 4.21. The van der Waals surface area contributed by atoms with Crippen molar-refractivity contribution >= 4 is 23.1 Å². The zero-order valence-electron chi connectivity index (χ0n) is 9.81. The third kappa shape index (κ3) is 2.27. The van der Waals surface area contributed by atoms with E-state index in [0.29, 0.717) is 28.6 Å². The SMILES string of the molecule is Nc1ccc(Cl)nc1NC1CC1c1ccccc1. The Hall–Kier alpha value is -1.74. The largest absolute Gasteiger partial charge is 0.396 e. The van der Waals surface area contributed by atoms with E-state index in [-0.39, 0.29) is 0 Å². The van der Waals surface area contributed by atoms with Crippen LogP contribution in [0.4, 0.5) is 11.5 Å². The zero-order chi connectivity index (χ0) is 12.5. The molecule has 1 aromatic heterocycles. The molecule has 0 aliphatic heterocycles. The summed E-state index contributed by atoms with van der Waals surface area (Å²) >= 11 is 5.87. The Balaban J connectivity index is 1.71. The molecule has 1 fully saturated rings. The summed E-state index contributed by atoms with van der Waals surface area (Å²) in [5.74, 6) is 1.23. The lowest BCUT2D eigenvalue weighted by atomic mass is 10.1. The standard InChI is InChI=1S/C14H14ClN3/c15-13-7-6-11(16)14(18-13)17-12-8-10(12)9-4-2-1-3-5-9/h1-7,10,12H,8,16H2,(H,17,18). The molecule has 1 heterocycles. The summed E-state index contributed by atoms with van der Waals surface area (Å²) in [7, 11) is 0. The predicted molar refractivity (Wildman–Crippen MR) is 74.9 cm³/mol. The van der Waals surface area contributed by atoms with E-state index >= 15 is 0 Å². The Labute approximate surface area is 111 Å². The number of hydrogen-bond acceptors (Lipinski definition) is 3. The van der Waals surface area contributed by atoms with Crippen LogP contribution in [0.15, 0.2) is 42.5 Å². The second-order valence-electron chi connectivity index (χ2n) is 4.58. The van der Waals surface area contributed by atoms with Crippen LogP contribution in [-0.4, -0.2) is 11.0 Å². The molecule has 1 aromatic carbocycles. The maximum Gasteiger partial charge on any atom is 0.151 e. The van der Waals surface area contributed by atoms with Gasteiger partial charge in [0, 0.05) is 12.0 Å². The Kier molecular flexibility index (Phi) is 2.84. The molecule has 0 spiro atoms. The molecule has 2 atom stereocenters. The number of hydrogen-bond donors (Lipinski definition) is 2. The highest BCUT2D eigenvalue weighted by Gasteiger charge is 2.38. The fraction of sp³-hybridized carbons (Fsp3) is 0.214. The number of nitrogens with two attached hydrogens (primary N) is 1. The number of aromatic nitrogens is 1. The Morgan fingerprint density at radius 2 is 1.94 bits per heavy atom. The van der Waals surface area contributed by atoms with E-state index in [1.54, 1.807) is 12.1 Å². The molecule has 4 heteroatoms. The van der Waals surface area contributed by atoms with Crippen molar-refractivity contribution in [2.45, 2.75) is 18.4 Å². The molecular formula is C14H14ClN3. The summed E-state index contributed by atoms with van der Waals surface area (Å²) in [5.41, 5.74) is 7.86. The first-order valence-electron chi connectivity index (χ1n) is 5.97. The highest BCUT2D eigenvalue weighted by atomic mass is 35.5. The fourth-order valence-electron chi connectivity index (χ4n) is 2.16. The van der Waals surface area contributed by atoms with Crippen LogP contribution in [0, 0.1) is 0 Å². The number of halogens is 1. The molecule has 2 aromatic rings. The summed E-state index contributed by atoms with van der Waals surface area (Å²) in [6.07, 6.45) is 1.11. The zero-order valence-corrected chi connectivity index (χ0v) is 10.6. The van der Waals surface area contributed by atoms with Gasteiger partial charge < -0.3 is 11.1 Å². The van der Waals surface area contributed by atoms with E-state index in [1.165, 1.54) is 5.56 Å². The van der Waals surface area contributed by atoms with Gasteiger partial charge in [-0.1, -0.05) is 41.9 Å². The molecule has 3 nitrogen and oxygen atoms in total. The van der Waals surface area contributed by atoms with Gasteiger partial charge in [0.1, 0.15) is 5.15 Å². The number of pyridine rings is 1. The first kappa shape index (κ1) is 11.4. The second-order valence-corrected chi connectivity index (χ2v) is 4.96. The van der Waals surface area contributed by atoms with Crippen LogP contribution in [-0.2, 0) is 0 Å². The van der Waals surface area contributed by atoms with Crippen molar-refractivity contribution in [1.82, 2.24) is 4.98 Å². The average Bonchev–Trinajstić information content (AvgIpc) is 3.14. The third-order valence-electron chi connectivity index (χ3n) is 3.23. The van der Waals surface area contributed by atoms with Gasteiger partial charge in [0.05, 0.1) is 5.69 Å². The average molecular weight is 260 g/mol. The van der Waals surface area contributed by atoms with E-state index in [0.717, 1.165) is 6.42 Å². The highest BCUT2D eigenvalue weighted by Crippen LogP contribution is 2.43. The quantitative estimate of drug-likeness (QED) is 0.832. The maximum absolute atomic E-state index is 5.87. The van der Waals surface area contributed by atoms with Crippen LogP contribution >= 0.6 is 11.6 Å². The molecule has 0 amide bonds. The topological polar surface area (TPSA) is 50.9 Å². The molecule has 0 saturated heterocycles. The van der Waals surface area contributed by atoms with Crippen molar-refractivity contribution in [3.63, 3.8) is 0 Å². The molecule has 18 heavy (non-hydrogen) atoms. The van der Waals surface area contributed by atoms with E-state index in [1.807, 2.05) is 6.07 Å². The van der Waals surface area contributed by atoms with Crippen LogP contribution < -0.4 is 11.1 Å². The lowest BCUT2D eigenvalue weighted by Crippen LogP contribution is -2.08. The van der Waals surface area contributed by atoms with E-state index in [2.05, 4.69) is 34.6 Å². The maximum atomic E-state index is 5.87. The fourth-order valence-corrected chi connectivity index (χ4v) is 2.31. The van der Waals surface area contributed by atoms with Crippen molar-refractivity contribution in [2.75, 3.05) is 11.1 Å². The minimum atomic E-state index is 0.403. The number of nitrogens with one attached hydrogen (secondary N) is 1. The summed E-state index contributed by atoms with van der Waals surface area (Å²) in [5, 5.41) is 3.81. The number of nitrogens with zero attached hydrogens (tertiary/aromatic N) is 1. The molecule has 1 saturated carbocycles. The monoisotopic (exact) mass is 259 g/mol. The molecule has 3 rings (SSSR count). The minimum absolute atomic E-state index is 0.403. The van der Waals surface area contributed by atoms with Gasteiger partial charge in [-0.05, 0) is 24.1 Å². The highest BCUT2D eigenvalue weighted by molar-refractivity contribution is 6.29. The number of nitrogen functional groups attached to an aromatic ring is 1. The summed E-state index contributed by atoms with van der Waals surface area (Å²) < 4.78 is 0. The molecule has 1 aliphatic carbocycles. The van der Waals surface area contributed by atoms with Gasteiger partial charge in [-0.25, -0.2) is 4.98 Å². The normalized spacial score (nSPS) is 21.6. The van der Waals surface area contributed by atoms with Gasteiger partial charge >= 0.3 is 0 Å². The molecule has 3 N–H and O–H groups in total. The molecular weight excluding hydrogens is 246 g/mol. The van der Waals surface area contributed by atoms with Gasteiger partial charge in [0.15, 0.2) is 5.82 Å². The predicted octanol–water partition coefficient (Wildman–Crippen LogP) is 3.29. The lowest BCUT2D eigenvalue weighted by Gasteiger charge is -2.08. The van der Waals surface area contributed by atoms with Crippen molar-refractivity contribution in [1.29, 1.82) is 0 Å². The van der Waals surface area contributed by atoms with Crippen molar-refractivity contribution in [3.8, 4) is 0 Å². The first-order valence-corrected chi connectivity index (χ1v) is 6.35. The van der Waals surface area contributed by atoms with Gasteiger partial charge in [-0.3, -0.25) is 0 Å². The molecule has 2 unspecified atom stereocenters. The molecule has 0 bridgehead atoms. The van der Waals surface area contributed by atoms with Gasteiger partial charge in [0.2, 0.25) is 0 Å². The number of anilines is 2. The molecule has 1 aliphatic rings. The first-order chi connectivity index (χ1) is 8.74. The van der Waals surface area contributed by atoms with E-state index in [4.69, 9.17) is 17.3 Å². The van der Waals surface area contributed by atoms with Crippen LogP contribution in [0.3, 0.4) is 0 Å². The number of benzene rings is 1. The lowest BCUT2D eigenvalue weighted by molar-refractivity contribution is 1.03.